The first-order chi connectivity index (χ1) is 14.8. The Kier molecular flexibility index (Phi) is 6.97. The molecule has 0 saturated carbocycles. The molecule has 31 heavy (non-hydrogen) atoms. The lowest BCUT2D eigenvalue weighted by molar-refractivity contribution is 0.0935. The molecule has 0 saturated heterocycles. The summed E-state index contributed by atoms with van der Waals surface area (Å²) in [4.78, 5) is 12.8. The molecule has 0 unspecified atom stereocenters. The highest BCUT2D eigenvalue weighted by Crippen LogP contribution is 2.21. The Morgan fingerprint density at radius 2 is 1.55 bits per heavy atom. The molecule has 3 rings (SSSR count). The molecule has 0 aromatic heterocycles. The second-order valence-corrected chi connectivity index (χ2v) is 8.89. The van der Waals surface area contributed by atoms with E-state index >= 15 is 0 Å². The maximum Gasteiger partial charge on any atom is 0.261 e. The summed E-state index contributed by atoms with van der Waals surface area (Å²) >= 11 is 0. The maximum absolute atomic E-state index is 12.7. The van der Waals surface area contributed by atoms with Gasteiger partial charge in [0.05, 0.1) is 18.0 Å². The molecule has 7 heteroatoms. The Hall–Kier alpha value is -3.32. The van der Waals surface area contributed by atoms with Crippen LogP contribution in [0.4, 0.5) is 5.69 Å². The average molecular weight is 439 g/mol. The van der Waals surface area contributed by atoms with Gasteiger partial charge in [-0.15, -0.1) is 0 Å². The zero-order chi connectivity index (χ0) is 22.4. The summed E-state index contributed by atoms with van der Waals surface area (Å²) in [6.45, 7) is 4.04. The first kappa shape index (κ1) is 22.4. The van der Waals surface area contributed by atoms with Crippen LogP contribution in [0.5, 0.6) is 5.75 Å². The predicted octanol–water partition coefficient (Wildman–Crippen LogP) is 4.69. The highest BCUT2D eigenvalue weighted by molar-refractivity contribution is 7.92. The summed E-state index contributed by atoms with van der Waals surface area (Å²) < 4.78 is 32.7. The first-order valence-corrected chi connectivity index (χ1v) is 11.4. The van der Waals surface area contributed by atoms with Gasteiger partial charge in [0.1, 0.15) is 5.75 Å². The summed E-state index contributed by atoms with van der Waals surface area (Å²) in [5, 5.41) is 3.03. The fourth-order valence-corrected chi connectivity index (χ4v) is 4.18. The number of aryl methyl sites for hydroxylation is 1. The zero-order valence-corrected chi connectivity index (χ0v) is 18.6. The van der Waals surface area contributed by atoms with Gasteiger partial charge < -0.3 is 10.1 Å². The van der Waals surface area contributed by atoms with Crippen molar-refractivity contribution in [2.45, 2.75) is 31.2 Å². The summed E-state index contributed by atoms with van der Waals surface area (Å²) in [7, 11) is -2.22. The highest BCUT2D eigenvalue weighted by Gasteiger charge is 2.16. The van der Waals surface area contributed by atoms with Gasteiger partial charge in [0.25, 0.3) is 15.9 Å². The largest absolute Gasteiger partial charge is 0.497 e. The summed E-state index contributed by atoms with van der Waals surface area (Å²) in [6, 6.07) is 20.4. The summed E-state index contributed by atoms with van der Waals surface area (Å²) in [5.74, 6) is 0.363. The Labute approximate surface area is 183 Å². The fraction of sp³-hybridized carbons (Fsp3) is 0.208. The Morgan fingerprint density at radius 1 is 0.935 bits per heavy atom. The summed E-state index contributed by atoms with van der Waals surface area (Å²) in [6.07, 6.45) is 0.758. The SMILES string of the molecule is CC[C@@H](NC(=O)c1ccc(NS(=O)(=O)c2ccc(OC)cc2)cc1)c1ccc(C)cc1. The van der Waals surface area contributed by atoms with Gasteiger partial charge in [-0.05, 0) is 67.4 Å². The van der Waals surface area contributed by atoms with Crippen LogP contribution in [0.25, 0.3) is 0 Å². The number of hydrogen-bond donors (Lipinski definition) is 2. The van der Waals surface area contributed by atoms with Crippen molar-refractivity contribution in [1.82, 2.24) is 5.32 Å². The van der Waals surface area contributed by atoms with E-state index in [0.29, 0.717) is 17.0 Å². The average Bonchev–Trinajstić information content (AvgIpc) is 2.78. The van der Waals surface area contributed by atoms with E-state index in [0.717, 1.165) is 17.5 Å². The lowest BCUT2D eigenvalue weighted by Crippen LogP contribution is -2.28. The quantitative estimate of drug-likeness (QED) is 0.535. The molecule has 3 aromatic carbocycles. The number of ether oxygens (including phenoxy) is 1. The molecule has 0 radical (unpaired) electrons. The number of amides is 1. The Balaban J connectivity index is 1.68. The maximum atomic E-state index is 12.7. The van der Waals surface area contributed by atoms with Crippen molar-refractivity contribution in [3.63, 3.8) is 0 Å². The molecule has 6 nitrogen and oxygen atoms in total. The molecule has 0 aliphatic heterocycles. The van der Waals surface area contributed by atoms with Gasteiger partial charge in [-0.3, -0.25) is 9.52 Å². The number of nitrogens with one attached hydrogen (secondary N) is 2. The molecule has 162 valence electrons. The monoisotopic (exact) mass is 438 g/mol. The molecule has 0 spiro atoms. The van der Waals surface area contributed by atoms with Crippen LogP contribution < -0.4 is 14.8 Å². The standard InChI is InChI=1S/C24H26N2O4S/c1-4-23(18-7-5-17(2)6-8-18)25-24(27)19-9-11-20(12-10-19)26-31(28,29)22-15-13-21(30-3)14-16-22/h5-16,23,26H,4H2,1-3H3,(H,25,27)/t23-/m1/s1. The molecule has 0 aliphatic carbocycles. The van der Waals surface area contributed by atoms with E-state index in [1.807, 2.05) is 38.1 Å². The predicted molar refractivity (Wildman–Crippen MR) is 122 cm³/mol. The topological polar surface area (TPSA) is 84.5 Å². The molecule has 2 N–H and O–H groups in total. The Bertz CT molecular complexity index is 1120. The van der Waals surface area contributed by atoms with Gasteiger partial charge in [-0.25, -0.2) is 8.42 Å². The van der Waals surface area contributed by atoms with Crippen molar-refractivity contribution < 1.29 is 17.9 Å². The number of anilines is 1. The first-order valence-electron chi connectivity index (χ1n) is 9.96. The third-order valence-corrected chi connectivity index (χ3v) is 6.36. The van der Waals surface area contributed by atoms with Gasteiger partial charge in [0.2, 0.25) is 0 Å². The molecular weight excluding hydrogens is 412 g/mol. The van der Waals surface area contributed by atoms with Crippen LogP contribution in [0, 0.1) is 6.92 Å². The van der Waals surface area contributed by atoms with E-state index < -0.39 is 10.0 Å². The van der Waals surface area contributed by atoms with Crippen LogP contribution in [-0.4, -0.2) is 21.4 Å². The molecule has 1 amide bonds. The van der Waals surface area contributed by atoms with Crippen molar-refractivity contribution in [2.24, 2.45) is 0 Å². The van der Waals surface area contributed by atoms with Crippen molar-refractivity contribution in [1.29, 1.82) is 0 Å². The molecule has 0 aliphatic rings. The van der Waals surface area contributed by atoms with Gasteiger partial charge >= 0.3 is 0 Å². The van der Waals surface area contributed by atoms with Crippen LogP contribution in [0.15, 0.2) is 77.7 Å². The number of carbonyl (C=O) groups excluding carboxylic acids is 1. The van der Waals surface area contributed by atoms with Crippen LogP contribution in [0.3, 0.4) is 0 Å². The molecule has 3 aromatic rings. The van der Waals surface area contributed by atoms with Gasteiger partial charge in [-0.1, -0.05) is 36.8 Å². The van der Waals surface area contributed by atoms with Crippen molar-refractivity contribution >= 4 is 21.6 Å². The van der Waals surface area contributed by atoms with Gasteiger partial charge in [0.15, 0.2) is 0 Å². The highest BCUT2D eigenvalue weighted by atomic mass is 32.2. The molecule has 1 atom stereocenters. The van der Waals surface area contributed by atoms with E-state index in [-0.39, 0.29) is 16.8 Å². The second kappa shape index (κ2) is 9.66. The minimum absolute atomic E-state index is 0.0960. The molecular formula is C24H26N2O4S. The van der Waals surface area contributed by atoms with Crippen LogP contribution in [-0.2, 0) is 10.0 Å². The number of hydrogen-bond acceptors (Lipinski definition) is 4. The smallest absolute Gasteiger partial charge is 0.261 e. The lowest BCUT2D eigenvalue weighted by Gasteiger charge is -2.18. The van der Waals surface area contributed by atoms with Crippen LogP contribution in [0.2, 0.25) is 0 Å². The second-order valence-electron chi connectivity index (χ2n) is 7.20. The van der Waals surface area contributed by atoms with E-state index in [2.05, 4.69) is 10.0 Å². The Morgan fingerprint density at radius 3 is 2.10 bits per heavy atom. The third-order valence-electron chi connectivity index (χ3n) is 4.96. The normalized spacial score (nSPS) is 12.1. The van der Waals surface area contributed by atoms with Crippen LogP contribution >= 0.6 is 0 Å². The summed E-state index contributed by atoms with van der Waals surface area (Å²) in [5.41, 5.74) is 3.04. The van der Waals surface area contributed by atoms with Gasteiger partial charge in [0, 0.05) is 11.3 Å². The van der Waals surface area contributed by atoms with Crippen molar-refractivity contribution in [3.8, 4) is 5.75 Å². The lowest BCUT2D eigenvalue weighted by atomic mass is 10.0. The molecule has 0 heterocycles. The van der Waals surface area contributed by atoms with E-state index in [1.54, 1.807) is 36.4 Å². The van der Waals surface area contributed by atoms with Crippen molar-refractivity contribution in [3.05, 3.63) is 89.5 Å². The van der Waals surface area contributed by atoms with E-state index in [4.69, 9.17) is 4.74 Å². The molecule has 0 fully saturated rings. The molecule has 0 bridgehead atoms. The fourth-order valence-electron chi connectivity index (χ4n) is 3.12. The van der Waals surface area contributed by atoms with Crippen LogP contribution in [0.1, 0.15) is 40.9 Å². The number of rotatable bonds is 8. The number of methoxy groups -OCH3 is 1. The zero-order valence-electron chi connectivity index (χ0n) is 17.8. The minimum atomic E-state index is -3.74. The number of carbonyl (C=O) groups is 1. The van der Waals surface area contributed by atoms with Gasteiger partial charge in [-0.2, -0.15) is 0 Å². The van der Waals surface area contributed by atoms with E-state index in [1.165, 1.54) is 19.2 Å². The van der Waals surface area contributed by atoms with Crippen molar-refractivity contribution in [2.75, 3.05) is 11.8 Å². The third kappa shape index (κ3) is 5.64. The number of benzene rings is 3. The van der Waals surface area contributed by atoms with E-state index in [9.17, 15) is 13.2 Å². The number of sulfonamides is 1. The minimum Gasteiger partial charge on any atom is -0.497 e.